The van der Waals surface area contributed by atoms with E-state index >= 15 is 0 Å². The Morgan fingerprint density at radius 2 is 0.777 bits per heavy atom. The van der Waals surface area contributed by atoms with E-state index in [-0.39, 0.29) is 58.2 Å². The third-order valence-corrected chi connectivity index (χ3v) is 18.4. The molecule has 3 N–H and O–H groups in total. The number of aliphatic carboxylic acids is 1. The summed E-state index contributed by atoms with van der Waals surface area (Å²) in [4.78, 5) is 88.4. The van der Waals surface area contributed by atoms with Crippen LogP contribution in [0.15, 0.2) is 240 Å². The van der Waals surface area contributed by atoms with E-state index in [1.165, 1.54) is 103 Å². The molecule has 0 aliphatic rings. The molecule has 0 atom stereocenters. The minimum atomic E-state index is -4.71. The fraction of sp³-hybridized carbons (Fsp3) is 0.167. The van der Waals surface area contributed by atoms with E-state index in [4.69, 9.17) is 18.5 Å². The molecule has 0 unspecified atom stereocenters. The number of nitrogens with zero attached hydrogens (tertiary/aromatic N) is 6. The van der Waals surface area contributed by atoms with E-state index < -0.39 is 100 Å². The van der Waals surface area contributed by atoms with Gasteiger partial charge in [-0.15, -0.1) is 0 Å². The Kier molecular flexibility index (Phi) is 24.8. The number of methoxy groups -OCH3 is 2. The molecule has 10 aromatic carbocycles. The van der Waals surface area contributed by atoms with Crippen LogP contribution in [0, 0.1) is 13.8 Å². The number of aryl methyl sites for hydroxylation is 2. The van der Waals surface area contributed by atoms with E-state index in [9.17, 15) is 68.6 Å². The summed E-state index contributed by atoms with van der Waals surface area (Å²) < 4.78 is 126. The number of carboxylic acids is 1. The summed E-state index contributed by atoms with van der Waals surface area (Å²) in [6, 6.07) is 63.7. The zero-order chi connectivity index (χ0) is 80.0. The number of hydrogen-bond donors (Lipinski definition) is 3. The van der Waals surface area contributed by atoms with Gasteiger partial charge in [0.05, 0.1) is 44.7 Å². The Balaban J connectivity index is 0.000000222. The molecule has 12 rings (SSSR count). The molecule has 0 saturated carbocycles. The van der Waals surface area contributed by atoms with Crippen molar-refractivity contribution in [3.05, 3.63) is 286 Å². The number of nitrogens with one attached hydrogen (secondary N) is 2. The number of carboxylic acid groups (broad SMARTS) is 1. The maximum absolute atomic E-state index is 13.7. The number of anilines is 2. The number of Topliss-reactive ketones (excluding diaryl/α,β-unsaturated/α-hetero) is 1. The molecule has 28 heteroatoms. The molecule has 12 aromatic rings. The predicted molar refractivity (Wildman–Crippen MR) is 406 cm³/mol. The monoisotopic (exact) mass is 1540 g/mol. The van der Waals surface area contributed by atoms with Crippen LogP contribution in [0.2, 0.25) is 0 Å². The zero-order valence-electron chi connectivity index (χ0n) is 60.6. The number of ketones is 1. The highest BCUT2D eigenvalue weighted by Gasteiger charge is 2.36. The molecule has 0 aliphatic heterocycles. The second-order valence-corrected chi connectivity index (χ2v) is 28.2. The van der Waals surface area contributed by atoms with Crippen molar-refractivity contribution < 1.29 is 87.2 Å². The highest BCUT2D eigenvalue weighted by molar-refractivity contribution is 7.91. The number of carbonyl (C=O) groups excluding carboxylic acids is 5. The summed E-state index contributed by atoms with van der Waals surface area (Å²) in [5, 5.41) is 22.8. The van der Waals surface area contributed by atoms with E-state index in [0.717, 1.165) is 56.7 Å². The summed E-state index contributed by atoms with van der Waals surface area (Å²) in [5.74, 6) is -3.92. The van der Waals surface area contributed by atoms with Gasteiger partial charge < -0.3 is 44.1 Å². The molecule has 0 spiro atoms. The van der Waals surface area contributed by atoms with Gasteiger partial charge in [-0.05, 0) is 155 Å². The topological polar surface area (TPSA) is 284 Å². The number of amides is 4. The number of carbonyl (C=O) groups is 6. The highest BCUT2D eigenvalue weighted by atomic mass is 32.2. The van der Waals surface area contributed by atoms with Gasteiger partial charge in [-0.2, -0.15) is 36.3 Å². The van der Waals surface area contributed by atoms with Crippen LogP contribution in [0.25, 0.3) is 67.9 Å². The molecule has 0 fully saturated rings. The minimum Gasteiger partial charge on any atom is -0.497 e. The van der Waals surface area contributed by atoms with Crippen LogP contribution in [-0.4, -0.2) is 118 Å². The normalized spacial score (nSPS) is 11.4. The number of sulfone groups is 1. The number of rotatable bonds is 26. The van der Waals surface area contributed by atoms with Crippen molar-refractivity contribution in [2.45, 2.75) is 52.1 Å². The van der Waals surface area contributed by atoms with Crippen molar-refractivity contribution in [3.8, 4) is 79.4 Å². The van der Waals surface area contributed by atoms with Crippen LogP contribution >= 0.6 is 0 Å². The van der Waals surface area contributed by atoms with E-state index in [1.807, 2.05) is 74.5 Å². The number of halogens is 6. The van der Waals surface area contributed by atoms with Gasteiger partial charge in [0.2, 0.25) is 23.5 Å². The van der Waals surface area contributed by atoms with Crippen molar-refractivity contribution in [3.63, 3.8) is 0 Å². The van der Waals surface area contributed by atoms with Gasteiger partial charge in [0.15, 0.2) is 15.6 Å². The molecule has 112 heavy (non-hydrogen) atoms. The van der Waals surface area contributed by atoms with E-state index in [1.54, 1.807) is 48.5 Å². The molecular weight excluding hydrogens is 1480 g/mol. The first-order valence-corrected chi connectivity index (χ1v) is 36.5. The molecular formula is C84H70F6N8O13S. The fourth-order valence-electron chi connectivity index (χ4n) is 11.8. The maximum Gasteiger partial charge on any atom is 0.416 e. The average molecular weight is 1550 g/mol. The summed E-state index contributed by atoms with van der Waals surface area (Å²) in [7, 11) is -1.19. The molecule has 2 aromatic heterocycles. The number of alkyl halides is 6. The zero-order valence-corrected chi connectivity index (χ0v) is 61.4. The Morgan fingerprint density at radius 1 is 0.446 bits per heavy atom. The summed E-state index contributed by atoms with van der Waals surface area (Å²) >= 11 is 0. The van der Waals surface area contributed by atoms with Crippen LogP contribution in [0.5, 0.6) is 11.5 Å². The number of benzene rings is 10. The van der Waals surface area contributed by atoms with Crippen molar-refractivity contribution in [2.75, 3.05) is 50.0 Å². The van der Waals surface area contributed by atoms with Crippen LogP contribution in [0.3, 0.4) is 0 Å². The van der Waals surface area contributed by atoms with Crippen LogP contribution in [-0.2, 0) is 67.3 Å². The molecule has 2 heterocycles. The van der Waals surface area contributed by atoms with Crippen LogP contribution in [0.1, 0.15) is 65.2 Å². The van der Waals surface area contributed by atoms with Gasteiger partial charge >= 0.3 is 18.3 Å². The van der Waals surface area contributed by atoms with E-state index in [2.05, 4.69) is 67.3 Å². The van der Waals surface area contributed by atoms with Gasteiger partial charge in [0, 0.05) is 64.1 Å². The predicted octanol–water partition coefficient (Wildman–Crippen LogP) is 16.2. The summed E-state index contributed by atoms with van der Waals surface area (Å²) in [6.07, 6.45) is -9.61. The van der Waals surface area contributed by atoms with Crippen LogP contribution < -0.4 is 20.1 Å². The minimum absolute atomic E-state index is 0.00410. The van der Waals surface area contributed by atoms with E-state index in [0.29, 0.717) is 45.7 Å². The quantitative estimate of drug-likeness (QED) is 0.0425. The lowest BCUT2D eigenvalue weighted by atomic mass is 10.0. The maximum atomic E-state index is 13.7. The molecule has 0 saturated heterocycles. The van der Waals surface area contributed by atoms with Gasteiger partial charge in [-0.25, -0.2) is 8.42 Å². The number of hydrogen-bond acceptors (Lipinski definition) is 16. The van der Waals surface area contributed by atoms with Crippen molar-refractivity contribution in [1.82, 2.24) is 30.1 Å². The largest absolute Gasteiger partial charge is 0.497 e. The lowest BCUT2D eigenvalue weighted by Gasteiger charge is -2.22. The van der Waals surface area contributed by atoms with Crippen molar-refractivity contribution >= 4 is 56.6 Å². The third kappa shape index (κ3) is 21.3. The lowest BCUT2D eigenvalue weighted by Crippen LogP contribution is -2.37. The highest BCUT2D eigenvalue weighted by Crippen LogP contribution is 2.37. The first-order valence-electron chi connectivity index (χ1n) is 34.4. The van der Waals surface area contributed by atoms with Gasteiger partial charge in [0.1, 0.15) is 23.8 Å². The number of ether oxygens (including phenoxy) is 2. The smallest absolute Gasteiger partial charge is 0.416 e. The standard InChI is InChI=1S/C43H37F3N4O7S.C41H33F3N4O6/c1-27-4-8-29(9-5-27)30-12-14-32(15-13-30)41-48-40(49-57-41)31-10-6-28(7-11-31)24-50(25-36(51)26-58(3,54)55)42(53)33-16-19-35(20-17-33)47-39(52)22-34-18-21-37(56-2)23-38(34)43(44,45)46;1-25-3-7-27(8-4-25)28-11-13-30(14-12-28)39-46-38(47-54-39)29-9-5-26(6-10-29)23-48(24-37(50)51)40(52)31-15-18-33(19-16-31)45-36(49)21-32-17-20-34(53-2)22-35(32)41(42,43)44/h4-21,23H,22,24-26H2,1-3H3,(H,47,52);3-20,22H,21,23-24H2,1-2H3,(H,45,49)(H,50,51). The molecule has 572 valence electrons. The first kappa shape index (κ1) is 79.7. The Bertz CT molecular complexity index is 5490. The number of aromatic nitrogens is 4. The summed E-state index contributed by atoms with van der Waals surface area (Å²) in [5.41, 5.74) is 8.91. The second-order valence-electron chi connectivity index (χ2n) is 26.1. The first-order chi connectivity index (χ1) is 53.4. The summed E-state index contributed by atoms with van der Waals surface area (Å²) in [6.45, 7) is 2.88. The van der Waals surface area contributed by atoms with Gasteiger partial charge in [-0.1, -0.05) is 155 Å². The Morgan fingerprint density at radius 3 is 1.11 bits per heavy atom. The van der Waals surface area contributed by atoms with Gasteiger partial charge in [-0.3, -0.25) is 28.8 Å². The average Bonchev–Trinajstić information content (AvgIpc) is 1.65. The van der Waals surface area contributed by atoms with Crippen molar-refractivity contribution in [2.24, 2.45) is 0 Å². The van der Waals surface area contributed by atoms with Crippen molar-refractivity contribution in [1.29, 1.82) is 0 Å². The third-order valence-electron chi connectivity index (χ3n) is 17.5. The molecule has 0 radical (unpaired) electrons. The Labute approximate surface area is 638 Å². The Hall–Kier alpha value is -13.4. The van der Waals surface area contributed by atoms with Gasteiger partial charge in [0.25, 0.3) is 23.6 Å². The molecule has 0 bridgehead atoms. The van der Waals surface area contributed by atoms with Crippen LogP contribution in [0.4, 0.5) is 37.7 Å². The molecule has 4 amide bonds. The molecule has 21 nitrogen and oxygen atoms in total. The fourth-order valence-corrected chi connectivity index (χ4v) is 12.5. The SMILES string of the molecule is COc1ccc(CC(=O)Nc2ccc(C(=O)N(CC(=O)CS(C)(=O)=O)Cc3ccc(-c4noc(-c5ccc(-c6ccc(C)cc6)cc5)n4)cc3)cc2)c(C(F)(F)F)c1.COc1ccc(CC(=O)Nc2ccc(C(=O)N(CC(=O)O)Cc3ccc(-c4noc(-c5ccc(-c6ccc(C)cc6)cc5)n4)cc3)cc2)c(C(F)(F)F)c1. The second kappa shape index (κ2) is 34.9. The lowest BCUT2D eigenvalue weighted by molar-refractivity contribution is -0.139. The molecule has 0 aliphatic carbocycles.